The molecule has 122 valence electrons. The third-order valence-electron chi connectivity index (χ3n) is 4.12. The van der Waals surface area contributed by atoms with Gasteiger partial charge in [-0.25, -0.2) is 0 Å². The number of benzene rings is 2. The fraction of sp³-hybridized carbons (Fsp3) is 0.190. The van der Waals surface area contributed by atoms with Crippen LogP contribution < -0.4 is 0 Å². The highest BCUT2D eigenvalue weighted by atomic mass is 19.1. The Morgan fingerprint density at radius 1 is 0.750 bits per heavy atom. The molecule has 0 aliphatic carbocycles. The van der Waals surface area contributed by atoms with Crippen LogP contribution >= 0.6 is 0 Å². The summed E-state index contributed by atoms with van der Waals surface area (Å²) in [5.41, 5.74) is 4.52. The van der Waals surface area contributed by atoms with Crippen LogP contribution in [-0.2, 0) is 6.42 Å². The van der Waals surface area contributed by atoms with Crippen molar-refractivity contribution < 1.29 is 8.78 Å². The molecule has 0 radical (unpaired) electrons. The van der Waals surface area contributed by atoms with Crippen molar-refractivity contribution >= 4 is 0 Å². The van der Waals surface area contributed by atoms with E-state index in [1.165, 1.54) is 30.5 Å². The predicted molar refractivity (Wildman–Crippen MR) is 93.6 cm³/mol. The summed E-state index contributed by atoms with van der Waals surface area (Å²) in [6.07, 6.45) is 3.50. The normalized spacial score (nSPS) is 10.8. The molecule has 24 heavy (non-hydrogen) atoms. The molecule has 0 spiro atoms. The lowest BCUT2D eigenvalue weighted by molar-refractivity contribution is 0.515. The second-order valence-corrected chi connectivity index (χ2v) is 5.85. The fourth-order valence-corrected chi connectivity index (χ4v) is 2.71. The Hall–Kier alpha value is -2.55. The van der Waals surface area contributed by atoms with Gasteiger partial charge in [0.25, 0.3) is 0 Å². The number of aromatic nitrogens is 1. The quantitative estimate of drug-likeness (QED) is 0.522. The molecule has 2 aromatic carbocycles. The highest BCUT2D eigenvalue weighted by molar-refractivity contribution is 5.70. The van der Waals surface area contributed by atoms with E-state index in [-0.39, 0.29) is 0 Å². The van der Waals surface area contributed by atoms with Gasteiger partial charge in [0.1, 0.15) is 0 Å². The van der Waals surface area contributed by atoms with Crippen LogP contribution in [0.3, 0.4) is 0 Å². The topological polar surface area (TPSA) is 12.9 Å². The minimum atomic E-state index is -0.809. The van der Waals surface area contributed by atoms with Crippen molar-refractivity contribution in [2.24, 2.45) is 0 Å². The van der Waals surface area contributed by atoms with Crippen LogP contribution in [0.5, 0.6) is 0 Å². The average Bonchev–Trinajstić information content (AvgIpc) is 2.61. The number of rotatable bonds is 5. The Kier molecular flexibility index (Phi) is 4.99. The zero-order valence-corrected chi connectivity index (χ0v) is 13.6. The van der Waals surface area contributed by atoms with Crippen LogP contribution in [0.4, 0.5) is 8.78 Å². The Morgan fingerprint density at radius 2 is 1.33 bits per heavy atom. The van der Waals surface area contributed by atoms with E-state index in [4.69, 9.17) is 0 Å². The zero-order chi connectivity index (χ0) is 16.9. The molecule has 0 amide bonds. The number of aryl methyl sites for hydroxylation is 1. The maximum absolute atomic E-state index is 13.8. The van der Waals surface area contributed by atoms with Crippen molar-refractivity contribution in [1.29, 1.82) is 0 Å². The summed E-state index contributed by atoms with van der Waals surface area (Å²) in [5.74, 6) is -1.60. The average molecular weight is 323 g/mol. The van der Waals surface area contributed by atoms with E-state index < -0.39 is 11.9 Å². The van der Waals surface area contributed by atoms with Gasteiger partial charge in [0.05, 0.1) is 0 Å². The summed E-state index contributed by atoms with van der Waals surface area (Å²) in [4.78, 5) is 3.23. The smallest absolute Gasteiger partial charge is 0.190 e. The van der Waals surface area contributed by atoms with E-state index in [0.29, 0.717) is 11.1 Å². The number of hydrogen-bond donors (Lipinski definition) is 0. The first kappa shape index (κ1) is 16.3. The van der Waals surface area contributed by atoms with Gasteiger partial charge in [-0.15, -0.1) is 0 Å². The summed E-state index contributed by atoms with van der Waals surface area (Å²) >= 11 is 0. The van der Waals surface area contributed by atoms with Crippen LogP contribution in [0.25, 0.3) is 22.3 Å². The molecule has 0 fully saturated rings. The lowest BCUT2D eigenvalue weighted by Crippen LogP contribution is -1.92. The first-order valence-corrected chi connectivity index (χ1v) is 8.19. The van der Waals surface area contributed by atoms with Crippen molar-refractivity contribution in [2.75, 3.05) is 0 Å². The van der Waals surface area contributed by atoms with Gasteiger partial charge in [-0.3, -0.25) is 0 Å². The molecule has 0 atom stereocenters. The molecule has 3 aromatic rings. The molecule has 0 unspecified atom stereocenters. The van der Waals surface area contributed by atoms with Gasteiger partial charge < -0.3 is 0 Å². The lowest BCUT2D eigenvalue weighted by Gasteiger charge is -2.07. The van der Waals surface area contributed by atoms with Crippen molar-refractivity contribution in [1.82, 2.24) is 4.98 Å². The second kappa shape index (κ2) is 7.35. The molecule has 1 aromatic heterocycles. The third kappa shape index (κ3) is 3.67. The third-order valence-corrected chi connectivity index (χ3v) is 4.12. The minimum absolute atomic E-state index is 0.304. The van der Waals surface area contributed by atoms with Gasteiger partial charge in [-0.05, 0) is 47.2 Å². The first-order valence-electron chi connectivity index (χ1n) is 8.19. The number of halogens is 2. The Bertz CT molecular complexity index is 808. The number of pyridine rings is 1. The van der Waals surface area contributed by atoms with Crippen LogP contribution in [-0.4, -0.2) is 4.98 Å². The zero-order valence-electron chi connectivity index (χ0n) is 13.6. The van der Waals surface area contributed by atoms with Crippen molar-refractivity contribution in [3.63, 3.8) is 0 Å². The summed E-state index contributed by atoms with van der Waals surface area (Å²) in [7, 11) is 0. The molecule has 1 nitrogen and oxygen atoms in total. The monoisotopic (exact) mass is 323 g/mol. The molecule has 0 saturated heterocycles. The molecular formula is C21H19F2N. The maximum Gasteiger partial charge on any atom is 0.223 e. The van der Waals surface area contributed by atoms with Crippen LogP contribution in [0, 0.1) is 11.9 Å². The molecular weight excluding hydrogens is 304 g/mol. The summed E-state index contributed by atoms with van der Waals surface area (Å²) in [5, 5.41) is 0. The molecule has 0 bridgehead atoms. The predicted octanol–water partition coefficient (Wildman–Crippen LogP) is 6.04. The second-order valence-electron chi connectivity index (χ2n) is 5.85. The maximum atomic E-state index is 13.8. The summed E-state index contributed by atoms with van der Waals surface area (Å²) < 4.78 is 26.7. The highest BCUT2D eigenvalue weighted by Crippen LogP contribution is 2.26. The highest BCUT2D eigenvalue weighted by Gasteiger charge is 2.08. The largest absolute Gasteiger partial charge is 0.223 e. The SMILES string of the molecule is CCCCc1ccc(-c2ccc(-c3ccc(F)nc3F)cc2)cc1. The van der Waals surface area contributed by atoms with E-state index in [1.807, 2.05) is 24.3 Å². The van der Waals surface area contributed by atoms with Gasteiger partial charge in [-0.1, -0.05) is 61.9 Å². The molecule has 0 N–H and O–H groups in total. The number of unbranched alkanes of at least 4 members (excludes halogenated alkanes) is 1. The van der Waals surface area contributed by atoms with Crippen LogP contribution in [0.2, 0.25) is 0 Å². The molecule has 0 aliphatic rings. The summed E-state index contributed by atoms with van der Waals surface area (Å²) in [6.45, 7) is 2.19. The van der Waals surface area contributed by atoms with Crippen molar-refractivity contribution in [3.8, 4) is 22.3 Å². The number of hydrogen-bond acceptors (Lipinski definition) is 1. The molecule has 0 aliphatic heterocycles. The number of nitrogens with zero attached hydrogens (tertiary/aromatic N) is 1. The summed E-state index contributed by atoms with van der Waals surface area (Å²) in [6, 6.07) is 18.7. The minimum Gasteiger partial charge on any atom is -0.190 e. The molecule has 3 heteroatoms. The molecule has 0 saturated carbocycles. The van der Waals surface area contributed by atoms with Crippen molar-refractivity contribution in [3.05, 3.63) is 78.1 Å². The van der Waals surface area contributed by atoms with Gasteiger partial charge in [-0.2, -0.15) is 13.8 Å². The van der Waals surface area contributed by atoms with E-state index in [2.05, 4.69) is 36.2 Å². The van der Waals surface area contributed by atoms with Gasteiger partial charge in [0, 0.05) is 5.56 Å². The first-order chi connectivity index (χ1) is 11.7. The Balaban J connectivity index is 1.81. The van der Waals surface area contributed by atoms with Gasteiger partial charge in [0.2, 0.25) is 11.9 Å². The standard InChI is InChI=1S/C21H19F2N/c1-2-3-4-15-5-7-16(8-6-15)17-9-11-18(12-10-17)19-13-14-20(22)24-21(19)23/h5-14H,2-4H2,1H3. The molecule has 1 heterocycles. The Morgan fingerprint density at radius 3 is 1.92 bits per heavy atom. The van der Waals surface area contributed by atoms with E-state index in [0.717, 1.165) is 17.5 Å². The van der Waals surface area contributed by atoms with Gasteiger partial charge in [0.15, 0.2) is 0 Å². The van der Waals surface area contributed by atoms with Gasteiger partial charge >= 0.3 is 0 Å². The van der Waals surface area contributed by atoms with E-state index in [1.54, 1.807) is 0 Å². The van der Waals surface area contributed by atoms with E-state index in [9.17, 15) is 8.78 Å². The Labute approximate surface area is 141 Å². The fourth-order valence-electron chi connectivity index (χ4n) is 2.71. The lowest BCUT2D eigenvalue weighted by atomic mass is 9.99. The molecule has 3 rings (SSSR count). The van der Waals surface area contributed by atoms with E-state index >= 15 is 0 Å². The van der Waals surface area contributed by atoms with Crippen molar-refractivity contribution in [2.45, 2.75) is 26.2 Å². The van der Waals surface area contributed by atoms with Crippen LogP contribution in [0.15, 0.2) is 60.7 Å². The van der Waals surface area contributed by atoms with Crippen LogP contribution in [0.1, 0.15) is 25.3 Å².